The summed E-state index contributed by atoms with van der Waals surface area (Å²) in [5.41, 5.74) is 0.0722. The fraction of sp³-hybridized carbons (Fsp3) is 0.0769. The summed E-state index contributed by atoms with van der Waals surface area (Å²) in [7, 11) is 0. The van der Waals surface area contributed by atoms with Gasteiger partial charge in [0.05, 0.1) is 4.92 Å². The van der Waals surface area contributed by atoms with E-state index in [9.17, 15) is 14.9 Å². The van der Waals surface area contributed by atoms with Crippen molar-refractivity contribution in [2.45, 2.75) is 6.92 Å². The van der Waals surface area contributed by atoms with E-state index in [2.05, 4.69) is 4.98 Å². The number of pyridine rings is 1. The zero-order chi connectivity index (χ0) is 15.6. The standard InChI is InChI=1S/C13H9IN2O5/c1-7-10(16(19)20)3-5-12(15-7)21-11-4-2-8(14)6-9(11)13(17)18/h2-6H,1H3,(H,17,18). The normalized spacial score (nSPS) is 10.2. The number of aryl methyl sites for hydroxylation is 1. The molecule has 0 amide bonds. The van der Waals surface area contributed by atoms with Gasteiger partial charge in [-0.05, 0) is 47.7 Å². The van der Waals surface area contributed by atoms with Crippen LogP contribution in [0.2, 0.25) is 0 Å². The van der Waals surface area contributed by atoms with Crippen LogP contribution in [-0.4, -0.2) is 21.0 Å². The molecule has 108 valence electrons. The number of rotatable bonds is 4. The number of aromatic carboxylic acids is 1. The van der Waals surface area contributed by atoms with Crippen LogP contribution in [0.25, 0.3) is 0 Å². The fourth-order valence-electron chi connectivity index (χ4n) is 1.65. The van der Waals surface area contributed by atoms with Crippen molar-refractivity contribution in [1.29, 1.82) is 0 Å². The Balaban J connectivity index is 2.37. The van der Waals surface area contributed by atoms with Crippen LogP contribution < -0.4 is 4.74 Å². The summed E-state index contributed by atoms with van der Waals surface area (Å²) < 4.78 is 6.18. The Morgan fingerprint density at radius 2 is 2.10 bits per heavy atom. The fourth-order valence-corrected chi connectivity index (χ4v) is 2.14. The molecule has 8 heteroatoms. The minimum atomic E-state index is -1.12. The highest BCUT2D eigenvalue weighted by Crippen LogP contribution is 2.27. The van der Waals surface area contributed by atoms with Crippen molar-refractivity contribution < 1.29 is 19.6 Å². The Morgan fingerprint density at radius 1 is 1.38 bits per heavy atom. The van der Waals surface area contributed by atoms with Gasteiger partial charge >= 0.3 is 5.97 Å². The first-order chi connectivity index (χ1) is 9.88. The first-order valence-electron chi connectivity index (χ1n) is 5.71. The van der Waals surface area contributed by atoms with Crippen LogP contribution in [0.3, 0.4) is 0 Å². The number of nitrogens with zero attached hydrogens (tertiary/aromatic N) is 2. The van der Waals surface area contributed by atoms with Gasteiger partial charge in [0.1, 0.15) is 17.0 Å². The number of nitro groups is 1. The molecule has 7 nitrogen and oxygen atoms in total. The third-order valence-electron chi connectivity index (χ3n) is 2.62. The van der Waals surface area contributed by atoms with Crippen molar-refractivity contribution in [3.05, 3.63) is 55.3 Å². The lowest BCUT2D eigenvalue weighted by Gasteiger charge is -2.08. The van der Waals surface area contributed by atoms with Gasteiger partial charge in [-0.15, -0.1) is 0 Å². The maximum absolute atomic E-state index is 11.2. The molecule has 0 saturated heterocycles. The first-order valence-corrected chi connectivity index (χ1v) is 6.79. The number of ether oxygens (including phenoxy) is 1. The summed E-state index contributed by atoms with van der Waals surface area (Å²) in [4.78, 5) is 25.3. The number of benzene rings is 1. The largest absolute Gasteiger partial charge is 0.478 e. The van der Waals surface area contributed by atoms with Crippen LogP contribution in [0.4, 0.5) is 5.69 Å². The molecular formula is C13H9IN2O5. The number of carboxylic acid groups (broad SMARTS) is 1. The van der Waals surface area contributed by atoms with Crippen LogP contribution in [0.5, 0.6) is 11.6 Å². The Hall–Kier alpha value is -2.23. The van der Waals surface area contributed by atoms with Gasteiger partial charge in [0.15, 0.2) is 0 Å². The van der Waals surface area contributed by atoms with Gasteiger partial charge in [-0.3, -0.25) is 10.1 Å². The predicted molar refractivity (Wildman–Crippen MR) is 81.8 cm³/mol. The number of halogens is 1. The van der Waals surface area contributed by atoms with Crippen molar-refractivity contribution in [2.75, 3.05) is 0 Å². The molecule has 0 fully saturated rings. The summed E-state index contributed by atoms with van der Waals surface area (Å²) in [6.07, 6.45) is 0. The molecule has 0 spiro atoms. The number of carbonyl (C=O) groups is 1. The van der Waals surface area contributed by atoms with E-state index >= 15 is 0 Å². The van der Waals surface area contributed by atoms with Crippen LogP contribution in [0.1, 0.15) is 16.1 Å². The summed E-state index contributed by atoms with van der Waals surface area (Å²) in [5.74, 6) is -0.896. The summed E-state index contributed by atoms with van der Waals surface area (Å²) in [6, 6.07) is 7.28. The molecule has 0 radical (unpaired) electrons. The zero-order valence-corrected chi connectivity index (χ0v) is 12.9. The van der Waals surface area contributed by atoms with Gasteiger partial charge < -0.3 is 9.84 Å². The van der Waals surface area contributed by atoms with Crippen molar-refractivity contribution in [2.24, 2.45) is 0 Å². The maximum atomic E-state index is 11.2. The topological polar surface area (TPSA) is 103 Å². The number of hydrogen-bond donors (Lipinski definition) is 1. The van der Waals surface area contributed by atoms with Crippen molar-refractivity contribution >= 4 is 34.2 Å². The first kappa shape index (κ1) is 15.2. The van der Waals surface area contributed by atoms with Gasteiger partial charge in [0.25, 0.3) is 5.69 Å². The SMILES string of the molecule is Cc1nc(Oc2ccc(I)cc2C(=O)O)ccc1[N+](=O)[O-]. The quantitative estimate of drug-likeness (QED) is 0.480. The van der Waals surface area contributed by atoms with Crippen LogP contribution in [0, 0.1) is 20.6 Å². The van der Waals surface area contributed by atoms with Gasteiger partial charge in [0, 0.05) is 15.7 Å². The molecule has 1 heterocycles. The maximum Gasteiger partial charge on any atom is 0.339 e. The van der Waals surface area contributed by atoms with E-state index in [4.69, 9.17) is 9.84 Å². The molecule has 1 N–H and O–H groups in total. The number of aromatic nitrogens is 1. The lowest BCUT2D eigenvalue weighted by molar-refractivity contribution is -0.385. The van der Waals surface area contributed by atoms with E-state index in [1.54, 1.807) is 6.07 Å². The molecule has 2 aromatic rings. The molecule has 0 saturated carbocycles. The summed E-state index contributed by atoms with van der Waals surface area (Å²) in [5, 5.41) is 19.9. The molecule has 2 rings (SSSR count). The number of hydrogen-bond acceptors (Lipinski definition) is 5. The number of carboxylic acids is 1. The average Bonchev–Trinajstić information content (AvgIpc) is 2.40. The van der Waals surface area contributed by atoms with E-state index in [-0.39, 0.29) is 28.6 Å². The molecule has 0 bridgehead atoms. The molecule has 1 aromatic heterocycles. The van der Waals surface area contributed by atoms with Crippen LogP contribution in [-0.2, 0) is 0 Å². The molecule has 0 unspecified atom stereocenters. The molecule has 0 aliphatic heterocycles. The summed E-state index contributed by atoms with van der Waals surface area (Å²) in [6.45, 7) is 1.48. The molecule has 1 aromatic carbocycles. The van der Waals surface area contributed by atoms with E-state index in [1.807, 2.05) is 22.6 Å². The highest BCUT2D eigenvalue weighted by Gasteiger charge is 2.16. The molecule has 0 atom stereocenters. The second kappa shape index (κ2) is 6.04. The molecule has 0 aliphatic rings. The van der Waals surface area contributed by atoms with Gasteiger partial charge in [-0.25, -0.2) is 9.78 Å². The van der Waals surface area contributed by atoms with Gasteiger partial charge in [0.2, 0.25) is 5.88 Å². The van der Waals surface area contributed by atoms with Crippen molar-refractivity contribution in [3.8, 4) is 11.6 Å². The second-order valence-corrected chi connectivity index (χ2v) is 5.30. The second-order valence-electron chi connectivity index (χ2n) is 4.06. The molecular weight excluding hydrogens is 391 g/mol. The lowest BCUT2D eigenvalue weighted by Crippen LogP contribution is -2.02. The predicted octanol–water partition coefficient (Wildman–Crippen LogP) is 3.39. The summed E-state index contributed by atoms with van der Waals surface area (Å²) >= 11 is 1.99. The van der Waals surface area contributed by atoms with Crippen molar-refractivity contribution in [3.63, 3.8) is 0 Å². The molecule has 0 aliphatic carbocycles. The Morgan fingerprint density at radius 3 is 2.67 bits per heavy atom. The Bertz CT molecular complexity index is 732. The van der Waals surface area contributed by atoms with E-state index in [1.165, 1.54) is 31.2 Å². The van der Waals surface area contributed by atoms with Crippen LogP contribution in [0.15, 0.2) is 30.3 Å². The van der Waals surface area contributed by atoms with Gasteiger partial charge in [-0.2, -0.15) is 0 Å². The Kier molecular flexibility index (Phi) is 4.36. The van der Waals surface area contributed by atoms with E-state index < -0.39 is 10.9 Å². The smallest absolute Gasteiger partial charge is 0.339 e. The monoisotopic (exact) mass is 400 g/mol. The minimum absolute atomic E-state index is 0.000272. The third-order valence-corrected chi connectivity index (χ3v) is 3.29. The van der Waals surface area contributed by atoms with E-state index in [0.717, 1.165) is 3.57 Å². The average molecular weight is 400 g/mol. The highest BCUT2D eigenvalue weighted by molar-refractivity contribution is 14.1. The third kappa shape index (κ3) is 3.45. The van der Waals surface area contributed by atoms with Crippen molar-refractivity contribution in [1.82, 2.24) is 4.98 Å². The minimum Gasteiger partial charge on any atom is -0.478 e. The van der Waals surface area contributed by atoms with Crippen LogP contribution >= 0.6 is 22.6 Å². The Labute approximate surface area is 132 Å². The lowest BCUT2D eigenvalue weighted by atomic mass is 10.2. The van der Waals surface area contributed by atoms with Gasteiger partial charge in [-0.1, -0.05) is 0 Å². The highest BCUT2D eigenvalue weighted by atomic mass is 127. The zero-order valence-electron chi connectivity index (χ0n) is 10.7. The van der Waals surface area contributed by atoms with E-state index in [0.29, 0.717) is 0 Å². The molecule has 21 heavy (non-hydrogen) atoms.